The molecule has 1 heterocycles. The van der Waals surface area contributed by atoms with Gasteiger partial charge in [-0.05, 0) is 32.5 Å². The summed E-state index contributed by atoms with van der Waals surface area (Å²) in [6.45, 7) is 4.53. The normalized spacial score (nSPS) is 11.1. The number of rotatable bonds is 3. The molecule has 3 heteroatoms. The standard InChI is InChI=1S/C14H18N2O/c1-9-5-10(2)14-11(6-9)12(8-16(14)4)13(17)7-15-3/h5-6,8,15H,7H2,1-4H3. The summed E-state index contributed by atoms with van der Waals surface area (Å²) in [6, 6.07) is 4.24. The summed E-state index contributed by atoms with van der Waals surface area (Å²) in [5.74, 6) is 0.142. The predicted molar refractivity (Wildman–Crippen MR) is 70.7 cm³/mol. The molecule has 2 rings (SSSR count). The summed E-state index contributed by atoms with van der Waals surface area (Å²) in [7, 11) is 3.78. The second-order valence-corrected chi connectivity index (χ2v) is 4.59. The second-order valence-electron chi connectivity index (χ2n) is 4.59. The lowest BCUT2D eigenvalue weighted by atomic mass is 10.0. The number of carbonyl (C=O) groups excluding carboxylic acids is 1. The second kappa shape index (κ2) is 4.34. The zero-order chi connectivity index (χ0) is 12.6. The summed E-state index contributed by atoms with van der Waals surface area (Å²) in [6.07, 6.45) is 1.93. The fraction of sp³-hybridized carbons (Fsp3) is 0.357. The van der Waals surface area contributed by atoms with Crippen LogP contribution in [0.15, 0.2) is 18.3 Å². The molecule has 1 aromatic carbocycles. The number of aromatic nitrogens is 1. The van der Waals surface area contributed by atoms with E-state index in [2.05, 4.69) is 31.3 Å². The Morgan fingerprint density at radius 2 is 2.06 bits per heavy atom. The smallest absolute Gasteiger partial charge is 0.178 e. The summed E-state index contributed by atoms with van der Waals surface area (Å²) in [4.78, 5) is 12.0. The topological polar surface area (TPSA) is 34.0 Å². The van der Waals surface area contributed by atoms with Gasteiger partial charge in [0, 0.05) is 24.2 Å². The molecular weight excluding hydrogens is 212 g/mol. The molecule has 17 heavy (non-hydrogen) atoms. The zero-order valence-corrected chi connectivity index (χ0v) is 10.8. The summed E-state index contributed by atoms with van der Waals surface area (Å²) >= 11 is 0. The van der Waals surface area contributed by atoms with E-state index in [-0.39, 0.29) is 5.78 Å². The average Bonchev–Trinajstić information content (AvgIpc) is 2.56. The van der Waals surface area contributed by atoms with Gasteiger partial charge < -0.3 is 9.88 Å². The summed E-state index contributed by atoms with van der Waals surface area (Å²) in [5, 5.41) is 3.97. The lowest BCUT2D eigenvalue weighted by Crippen LogP contribution is -2.18. The third-order valence-corrected chi connectivity index (χ3v) is 3.05. The van der Waals surface area contributed by atoms with E-state index < -0.39 is 0 Å². The quantitative estimate of drug-likeness (QED) is 0.820. The molecule has 0 saturated carbocycles. The molecule has 0 radical (unpaired) electrons. The van der Waals surface area contributed by atoms with Crippen LogP contribution in [0.5, 0.6) is 0 Å². The number of likely N-dealkylation sites (N-methyl/N-ethyl adjacent to an activating group) is 1. The number of Topliss-reactive ketones (excluding diaryl/α,β-unsaturated/α-hetero) is 1. The maximum absolute atomic E-state index is 12.0. The minimum Gasteiger partial charge on any atom is -0.350 e. The molecule has 0 unspecified atom stereocenters. The van der Waals surface area contributed by atoms with Gasteiger partial charge in [-0.2, -0.15) is 0 Å². The Bertz CT molecular complexity index is 581. The van der Waals surface area contributed by atoms with Crippen molar-refractivity contribution in [1.82, 2.24) is 9.88 Å². The van der Waals surface area contributed by atoms with Gasteiger partial charge >= 0.3 is 0 Å². The van der Waals surface area contributed by atoms with E-state index in [1.165, 1.54) is 11.1 Å². The highest BCUT2D eigenvalue weighted by Gasteiger charge is 2.14. The number of hydrogen-bond donors (Lipinski definition) is 1. The van der Waals surface area contributed by atoms with Gasteiger partial charge in [0.1, 0.15) is 0 Å². The third kappa shape index (κ3) is 1.98. The number of aryl methyl sites for hydroxylation is 3. The molecule has 0 amide bonds. The SMILES string of the molecule is CNCC(=O)c1cn(C)c2c(C)cc(C)cc12. The highest BCUT2D eigenvalue weighted by atomic mass is 16.1. The van der Waals surface area contributed by atoms with Gasteiger partial charge in [-0.3, -0.25) is 4.79 Å². The van der Waals surface area contributed by atoms with Gasteiger partial charge in [0.05, 0.1) is 12.1 Å². The van der Waals surface area contributed by atoms with E-state index in [4.69, 9.17) is 0 Å². The van der Waals surface area contributed by atoms with Gasteiger partial charge in [0.2, 0.25) is 0 Å². The molecule has 1 aromatic heterocycles. The van der Waals surface area contributed by atoms with Crippen molar-refractivity contribution < 1.29 is 4.79 Å². The van der Waals surface area contributed by atoms with Gasteiger partial charge in [-0.15, -0.1) is 0 Å². The van der Waals surface area contributed by atoms with Crippen LogP contribution < -0.4 is 5.32 Å². The monoisotopic (exact) mass is 230 g/mol. The van der Waals surface area contributed by atoms with Crippen molar-refractivity contribution in [3.8, 4) is 0 Å². The van der Waals surface area contributed by atoms with Crippen LogP contribution >= 0.6 is 0 Å². The van der Waals surface area contributed by atoms with E-state index in [9.17, 15) is 4.79 Å². The molecule has 0 aliphatic rings. The van der Waals surface area contributed by atoms with Crippen LogP contribution in [-0.2, 0) is 7.05 Å². The largest absolute Gasteiger partial charge is 0.350 e. The van der Waals surface area contributed by atoms with E-state index in [0.29, 0.717) is 6.54 Å². The van der Waals surface area contributed by atoms with Gasteiger partial charge in [-0.1, -0.05) is 11.6 Å². The number of nitrogens with one attached hydrogen (secondary N) is 1. The van der Waals surface area contributed by atoms with E-state index >= 15 is 0 Å². The first kappa shape index (κ1) is 11.9. The van der Waals surface area contributed by atoms with E-state index in [0.717, 1.165) is 16.5 Å². The van der Waals surface area contributed by atoms with Crippen LogP contribution in [-0.4, -0.2) is 23.9 Å². The van der Waals surface area contributed by atoms with Crippen LogP contribution in [0.4, 0.5) is 0 Å². The van der Waals surface area contributed by atoms with Gasteiger partial charge in [0.25, 0.3) is 0 Å². The van der Waals surface area contributed by atoms with Crippen LogP contribution in [0, 0.1) is 13.8 Å². The lowest BCUT2D eigenvalue weighted by Gasteiger charge is -2.03. The molecule has 0 saturated heterocycles. The molecule has 0 spiro atoms. The highest BCUT2D eigenvalue weighted by molar-refractivity contribution is 6.09. The van der Waals surface area contributed by atoms with Crippen molar-refractivity contribution in [1.29, 1.82) is 0 Å². The maximum Gasteiger partial charge on any atom is 0.178 e. The Hall–Kier alpha value is -1.61. The van der Waals surface area contributed by atoms with Crippen LogP contribution in [0.25, 0.3) is 10.9 Å². The summed E-state index contributed by atoms with van der Waals surface area (Å²) < 4.78 is 2.03. The van der Waals surface area contributed by atoms with Crippen molar-refractivity contribution in [3.63, 3.8) is 0 Å². The van der Waals surface area contributed by atoms with E-state index in [1.807, 2.05) is 17.8 Å². The highest BCUT2D eigenvalue weighted by Crippen LogP contribution is 2.25. The first-order valence-corrected chi connectivity index (χ1v) is 5.78. The fourth-order valence-electron chi connectivity index (χ4n) is 2.44. The number of ketones is 1. The predicted octanol–water partition coefficient (Wildman–Crippen LogP) is 2.20. The fourth-order valence-corrected chi connectivity index (χ4v) is 2.44. The van der Waals surface area contributed by atoms with Crippen molar-refractivity contribution in [2.45, 2.75) is 13.8 Å². The summed E-state index contributed by atoms with van der Waals surface area (Å²) in [5.41, 5.74) is 4.37. The molecule has 0 aliphatic carbocycles. The minimum absolute atomic E-state index is 0.142. The molecule has 2 aromatic rings. The average molecular weight is 230 g/mol. The van der Waals surface area contributed by atoms with Crippen molar-refractivity contribution >= 4 is 16.7 Å². The third-order valence-electron chi connectivity index (χ3n) is 3.05. The minimum atomic E-state index is 0.142. The number of carbonyl (C=O) groups is 1. The Morgan fingerprint density at radius 1 is 1.35 bits per heavy atom. The zero-order valence-electron chi connectivity index (χ0n) is 10.8. The molecular formula is C14H18N2O. The van der Waals surface area contributed by atoms with Crippen LogP contribution in [0.2, 0.25) is 0 Å². The van der Waals surface area contributed by atoms with Crippen molar-refractivity contribution in [2.24, 2.45) is 7.05 Å². The molecule has 3 nitrogen and oxygen atoms in total. The number of hydrogen-bond acceptors (Lipinski definition) is 2. The Balaban J connectivity index is 2.70. The molecule has 90 valence electrons. The first-order valence-electron chi connectivity index (χ1n) is 5.78. The number of nitrogens with zero attached hydrogens (tertiary/aromatic N) is 1. The number of fused-ring (bicyclic) bond motifs is 1. The van der Waals surface area contributed by atoms with Crippen molar-refractivity contribution in [2.75, 3.05) is 13.6 Å². The Morgan fingerprint density at radius 3 is 2.71 bits per heavy atom. The molecule has 0 atom stereocenters. The van der Waals surface area contributed by atoms with Gasteiger partial charge in [-0.25, -0.2) is 0 Å². The van der Waals surface area contributed by atoms with Crippen LogP contribution in [0.3, 0.4) is 0 Å². The molecule has 0 aliphatic heterocycles. The van der Waals surface area contributed by atoms with Crippen molar-refractivity contribution in [3.05, 3.63) is 35.0 Å². The van der Waals surface area contributed by atoms with Gasteiger partial charge in [0.15, 0.2) is 5.78 Å². The lowest BCUT2D eigenvalue weighted by molar-refractivity contribution is 0.0995. The Kier molecular flexibility index (Phi) is 3.03. The Labute approximate surface area is 101 Å². The van der Waals surface area contributed by atoms with E-state index in [1.54, 1.807) is 7.05 Å². The first-order chi connectivity index (χ1) is 8.04. The molecule has 0 fully saturated rings. The van der Waals surface area contributed by atoms with Crippen LogP contribution in [0.1, 0.15) is 21.5 Å². The molecule has 0 bridgehead atoms. The number of benzene rings is 1. The maximum atomic E-state index is 12.0. The molecule has 1 N–H and O–H groups in total.